The SMILES string of the molecule is CCC(CC)n1cc(-c2nc(/C(C=N)=C/NCC3CCCN3)cn3nccc23)cn1. The third-order valence-electron chi connectivity index (χ3n) is 5.82. The molecule has 1 saturated heterocycles. The van der Waals surface area contributed by atoms with Crippen LogP contribution in [0.15, 0.2) is 37.1 Å². The van der Waals surface area contributed by atoms with Crippen LogP contribution in [0.5, 0.6) is 0 Å². The van der Waals surface area contributed by atoms with Gasteiger partial charge in [0.25, 0.3) is 0 Å². The minimum atomic E-state index is 0.383. The molecule has 1 aliphatic rings. The van der Waals surface area contributed by atoms with Crippen molar-refractivity contribution in [2.45, 2.75) is 51.6 Å². The molecule has 0 spiro atoms. The summed E-state index contributed by atoms with van der Waals surface area (Å²) >= 11 is 0. The van der Waals surface area contributed by atoms with Crippen molar-refractivity contribution >= 4 is 17.3 Å². The summed E-state index contributed by atoms with van der Waals surface area (Å²) in [7, 11) is 0. The topological polar surface area (TPSA) is 95.9 Å². The normalized spacial score (nSPS) is 17.2. The molecule has 0 saturated carbocycles. The van der Waals surface area contributed by atoms with Crippen molar-refractivity contribution in [1.82, 2.24) is 35.0 Å². The van der Waals surface area contributed by atoms with Gasteiger partial charge in [-0.3, -0.25) is 4.68 Å². The van der Waals surface area contributed by atoms with Crippen molar-refractivity contribution in [2.75, 3.05) is 13.1 Å². The highest BCUT2D eigenvalue weighted by Crippen LogP contribution is 2.26. The van der Waals surface area contributed by atoms with Crippen LogP contribution < -0.4 is 10.6 Å². The lowest BCUT2D eigenvalue weighted by molar-refractivity contribution is 0.428. The van der Waals surface area contributed by atoms with Crippen LogP contribution in [0.2, 0.25) is 0 Å². The summed E-state index contributed by atoms with van der Waals surface area (Å²) in [4.78, 5) is 4.90. The van der Waals surface area contributed by atoms with Crippen LogP contribution in [0.1, 0.15) is 51.3 Å². The van der Waals surface area contributed by atoms with Gasteiger partial charge in [0.05, 0.1) is 41.5 Å². The molecule has 0 aliphatic carbocycles. The molecule has 0 radical (unpaired) electrons. The molecule has 1 atom stereocenters. The highest BCUT2D eigenvalue weighted by molar-refractivity contribution is 6.07. The molecular formula is C22H30N8. The van der Waals surface area contributed by atoms with Crippen LogP contribution in [-0.2, 0) is 0 Å². The third-order valence-corrected chi connectivity index (χ3v) is 5.82. The number of nitrogens with zero attached hydrogens (tertiary/aromatic N) is 5. The van der Waals surface area contributed by atoms with Gasteiger partial charge in [-0.25, -0.2) is 9.50 Å². The van der Waals surface area contributed by atoms with Gasteiger partial charge < -0.3 is 16.0 Å². The summed E-state index contributed by atoms with van der Waals surface area (Å²) in [6.45, 7) is 6.28. The predicted octanol–water partition coefficient (Wildman–Crippen LogP) is 3.29. The summed E-state index contributed by atoms with van der Waals surface area (Å²) in [5.74, 6) is 0. The monoisotopic (exact) mass is 406 g/mol. The molecule has 158 valence electrons. The minimum Gasteiger partial charge on any atom is -0.389 e. The van der Waals surface area contributed by atoms with Gasteiger partial charge >= 0.3 is 0 Å². The number of allylic oxidation sites excluding steroid dienone is 1. The van der Waals surface area contributed by atoms with Crippen LogP contribution in [0.3, 0.4) is 0 Å². The molecule has 0 amide bonds. The van der Waals surface area contributed by atoms with Gasteiger partial charge in [0.2, 0.25) is 0 Å². The zero-order chi connectivity index (χ0) is 20.9. The Hall–Kier alpha value is -3.00. The Kier molecular flexibility index (Phi) is 6.23. The van der Waals surface area contributed by atoms with E-state index in [9.17, 15) is 0 Å². The molecule has 8 nitrogen and oxygen atoms in total. The Morgan fingerprint density at radius 3 is 2.93 bits per heavy atom. The molecule has 4 rings (SSSR count). The molecule has 8 heteroatoms. The Morgan fingerprint density at radius 1 is 1.33 bits per heavy atom. The van der Waals surface area contributed by atoms with E-state index >= 15 is 0 Å². The molecule has 0 aromatic carbocycles. The zero-order valence-corrected chi connectivity index (χ0v) is 17.7. The van der Waals surface area contributed by atoms with E-state index in [4.69, 9.17) is 10.4 Å². The third kappa shape index (κ3) is 4.14. The first-order chi connectivity index (χ1) is 14.7. The Morgan fingerprint density at radius 2 is 2.20 bits per heavy atom. The smallest absolute Gasteiger partial charge is 0.0999 e. The summed E-state index contributed by atoms with van der Waals surface area (Å²) in [6, 6.07) is 2.83. The van der Waals surface area contributed by atoms with Crippen LogP contribution in [-0.4, -0.2) is 49.7 Å². The largest absolute Gasteiger partial charge is 0.389 e. The first-order valence-electron chi connectivity index (χ1n) is 10.8. The fraction of sp³-hybridized carbons (Fsp3) is 0.455. The second kappa shape index (κ2) is 9.21. The number of hydrogen-bond acceptors (Lipinski definition) is 6. The van der Waals surface area contributed by atoms with E-state index in [2.05, 4.69) is 40.9 Å². The lowest BCUT2D eigenvalue weighted by atomic mass is 10.1. The number of rotatable bonds is 9. The second-order valence-corrected chi connectivity index (χ2v) is 7.76. The average Bonchev–Trinajstić information content (AvgIpc) is 3.53. The van der Waals surface area contributed by atoms with Crippen molar-refractivity contribution in [3.05, 3.63) is 42.7 Å². The molecule has 4 heterocycles. The van der Waals surface area contributed by atoms with Crippen LogP contribution in [0, 0.1) is 5.41 Å². The van der Waals surface area contributed by atoms with Gasteiger partial charge in [-0.15, -0.1) is 0 Å². The average molecular weight is 407 g/mol. The maximum absolute atomic E-state index is 7.91. The molecule has 1 aliphatic heterocycles. The highest BCUT2D eigenvalue weighted by Gasteiger charge is 2.16. The second-order valence-electron chi connectivity index (χ2n) is 7.76. The molecule has 3 aromatic rings. The summed E-state index contributed by atoms with van der Waals surface area (Å²) in [5, 5.41) is 23.7. The minimum absolute atomic E-state index is 0.383. The van der Waals surface area contributed by atoms with E-state index in [1.165, 1.54) is 19.1 Å². The van der Waals surface area contributed by atoms with Crippen LogP contribution >= 0.6 is 0 Å². The molecule has 3 N–H and O–H groups in total. The predicted molar refractivity (Wildman–Crippen MR) is 120 cm³/mol. The van der Waals surface area contributed by atoms with E-state index in [0.717, 1.165) is 48.3 Å². The van der Waals surface area contributed by atoms with Gasteiger partial charge in [0.15, 0.2) is 0 Å². The maximum Gasteiger partial charge on any atom is 0.0999 e. The first kappa shape index (κ1) is 20.3. The lowest BCUT2D eigenvalue weighted by Crippen LogP contribution is -2.31. The van der Waals surface area contributed by atoms with Gasteiger partial charge in [-0.1, -0.05) is 13.8 Å². The highest BCUT2D eigenvalue weighted by atomic mass is 15.3. The number of nitrogens with one attached hydrogen (secondary N) is 3. The maximum atomic E-state index is 7.91. The van der Waals surface area contributed by atoms with E-state index in [1.54, 1.807) is 6.20 Å². The number of hydrogen-bond donors (Lipinski definition) is 3. The molecule has 3 aromatic heterocycles. The Balaban J connectivity index is 1.66. The van der Waals surface area contributed by atoms with Gasteiger partial charge in [0.1, 0.15) is 0 Å². The van der Waals surface area contributed by atoms with Crippen molar-refractivity contribution in [2.24, 2.45) is 0 Å². The van der Waals surface area contributed by atoms with Crippen molar-refractivity contribution in [3.63, 3.8) is 0 Å². The molecular weight excluding hydrogens is 376 g/mol. The van der Waals surface area contributed by atoms with Gasteiger partial charge in [-0.05, 0) is 38.3 Å². The standard InChI is InChI=1S/C22H30N8/c1-3-19(4-2)29-14-17(12-27-29)22-21-7-9-26-30(21)15-20(28-22)16(10-23)11-24-13-18-6-5-8-25-18/h7,9-12,14-15,18-19,23-25H,3-6,8,13H2,1-2H3/b16-11+,23-10?. The summed E-state index contributed by atoms with van der Waals surface area (Å²) in [6.07, 6.45) is 15.3. The van der Waals surface area contributed by atoms with Crippen molar-refractivity contribution in [3.8, 4) is 11.3 Å². The summed E-state index contributed by atoms with van der Waals surface area (Å²) < 4.78 is 3.85. The zero-order valence-electron chi connectivity index (χ0n) is 17.7. The summed E-state index contributed by atoms with van der Waals surface area (Å²) in [5.41, 5.74) is 4.14. The number of fused-ring (bicyclic) bond motifs is 1. The van der Waals surface area contributed by atoms with Crippen molar-refractivity contribution in [1.29, 1.82) is 5.41 Å². The van der Waals surface area contributed by atoms with E-state index < -0.39 is 0 Å². The molecule has 1 unspecified atom stereocenters. The Bertz CT molecular complexity index is 1020. The van der Waals surface area contributed by atoms with E-state index in [0.29, 0.717) is 17.8 Å². The molecule has 1 fully saturated rings. The fourth-order valence-electron chi connectivity index (χ4n) is 4.03. The van der Waals surface area contributed by atoms with Crippen molar-refractivity contribution < 1.29 is 0 Å². The molecule has 0 bridgehead atoms. The van der Waals surface area contributed by atoms with E-state index in [1.807, 2.05) is 33.9 Å². The fourth-order valence-corrected chi connectivity index (χ4v) is 4.03. The van der Waals surface area contributed by atoms with Crippen LogP contribution in [0.25, 0.3) is 22.3 Å². The van der Waals surface area contributed by atoms with Gasteiger partial charge in [0, 0.05) is 42.3 Å². The van der Waals surface area contributed by atoms with Crippen LogP contribution in [0.4, 0.5) is 0 Å². The van der Waals surface area contributed by atoms with Gasteiger partial charge in [-0.2, -0.15) is 10.2 Å². The Labute approximate surface area is 176 Å². The van der Waals surface area contributed by atoms with E-state index in [-0.39, 0.29) is 0 Å². The first-order valence-corrected chi connectivity index (χ1v) is 10.8. The molecule has 30 heavy (non-hydrogen) atoms. The quantitative estimate of drug-likeness (QED) is 0.474. The lowest BCUT2D eigenvalue weighted by Gasteiger charge is -2.12. The number of aromatic nitrogens is 5.